The second-order valence-corrected chi connectivity index (χ2v) is 4.17. The van der Waals surface area contributed by atoms with Gasteiger partial charge >= 0.3 is 5.92 Å². The van der Waals surface area contributed by atoms with Gasteiger partial charge < -0.3 is 0 Å². The summed E-state index contributed by atoms with van der Waals surface area (Å²) in [6.07, 6.45) is 1.68. The molecule has 1 atom stereocenters. The molecule has 0 aliphatic heterocycles. The molecule has 0 spiro atoms. The quantitative estimate of drug-likeness (QED) is 0.634. The molecule has 1 aromatic rings. The minimum absolute atomic E-state index is 0.476. The van der Waals surface area contributed by atoms with Crippen molar-refractivity contribution in [2.75, 3.05) is 0 Å². The van der Waals surface area contributed by atoms with Gasteiger partial charge in [-0.2, -0.15) is 8.78 Å². The maximum absolute atomic E-state index is 13.6. The number of halogens is 2. The van der Waals surface area contributed by atoms with Crippen LogP contribution in [0.4, 0.5) is 8.78 Å². The van der Waals surface area contributed by atoms with E-state index in [0.717, 1.165) is 11.1 Å². The molecule has 0 nitrogen and oxygen atoms in total. The first-order valence-corrected chi connectivity index (χ1v) is 5.62. The molecule has 0 radical (unpaired) electrons. The van der Waals surface area contributed by atoms with Crippen LogP contribution in [0.15, 0.2) is 24.3 Å². The molecule has 16 heavy (non-hydrogen) atoms. The molecular weight excluding hydrogens is 206 g/mol. The van der Waals surface area contributed by atoms with Crippen LogP contribution in [-0.2, 0) is 6.42 Å². The summed E-state index contributed by atoms with van der Waals surface area (Å²) in [5, 5.41) is 0. The Morgan fingerprint density at radius 1 is 1.38 bits per heavy atom. The summed E-state index contributed by atoms with van der Waals surface area (Å²) in [7, 11) is 0. The molecule has 1 aliphatic rings. The Balaban J connectivity index is 2.42. The molecule has 0 aromatic heterocycles. The molecule has 0 fully saturated rings. The smallest absolute Gasteiger partial charge is 0.192 e. The van der Waals surface area contributed by atoms with E-state index in [-0.39, 0.29) is 0 Å². The molecule has 2 heteroatoms. The molecule has 1 aliphatic carbocycles. The molecule has 0 N–H and O–H groups in total. The minimum Gasteiger partial charge on any atom is -0.192 e. The van der Waals surface area contributed by atoms with E-state index in [1.807, 2.05) is 24.3 Å². The number of rotatable bonds is 1. The molecule has 2 rings (SSSR count). The summed E-state index contributed by atoms with van der Waals surface area (Å²) in [5.74, 6) is 1.29. The average molecular weight is 220 g/mol. The van der Waals surface area contributed by atoms with Gasteiger partial charge in [-0.1, -0.05) is 31.0 Å². The van der Waals surface area contributed by atoms with E-state index in [9.17, 15) is 8.78 Å². The van der Waals surface area contributed by atoms with Crippen LogP contribution in [0.1, 0.15) is 30.9 Å². The van der Waals surface area contributed by atoms with E-state index >= 15 is 0 Å². The lowest BCUT2D eigenvalue weighted by Gasteiger charge is -2.23. The number of aryl methyl sites for hydroxylation is 1. The monoisotopic (exact) mass is 220 g/mol. The van der Waals surface area contributed by atoms with Crippen molar-refractivity contribution < 1.29 is 8.78 Å². The average Bonchev–Trinajstić information content (AvgIpc) is 2.26. The largest absolute Gasteiger partial charge is 0.311 e. The van der Waals surface area contributed by atoms with Crippen LogP contribution in [0.25, 0.3) is 0 Å². The Morgan fingerprint density at radius 2 is 2.12 bits per heavy atom. The fraction of sp³-hybridized carbons (Fsp3) is 0.429. The normalized spacial score (nSPS) is 22.3. The second-order valence-electron chi connectivity index (χ2n) is 4.17. The molecule has 84 valence electrons. The van der Waals surface area contributed by atoms with Gasteiger partial charge in [0.05, 0.1) is 0 Å². The van der Waals surface area contributed by atoms with Crippen LogP contribution >= 0.6 is 0 Å². The molecule has 0 heterocycles. The predicted octanol–water partition coefficient (Wildman–Crippen LogP) is 3.65. The van der Waals surface area contributed by atoms with E-state index in [1.165, 1.54) is 0 Å². The number of alkyl halides is 2. The summed E-state index contributed by atoms with van der Waals surface area (Å²) in [6, 6.07) is 7.55. The Hall–Kier alpha value is -1.36. The first-order valence-electron chi connectivity index (χ1n) is 5.62. The first kappa shape index (κ1) is 11.1. The fourth-order valence-corrected chi connectivity index (χ4v) is 2.08. The van der Waals surface area contributed by atoms with Gasteiger partial charge in [0.2, 0.25) is 0 Å². The van der Waals surface area contributed by atoms with Crippen molar-refractivity contribution >= 4 is 0 Å². The van der Waals surface area contributed by atoms with Crippen LogP contribution in [0.2, 0.25) is 0 Å². The number of benzene rings is 1. The lowest BCUT2D eigenvalue weighted by atomic mass is 9.88. The van der Waals surface area contributed by atoms with Gasteiger partial charge in [0.1, 0.15) is 0 Å². The molecule has 1 unspecified atom stereocenters. The minimum atomic E-state index is -2.84. The van der Waals surface area contributed by atoms with Crippen LogP contribution in [0.3, 0.4) is 0 Å². The van der Waals surface area contributed by atoms with E-state index in [4.69, 9.17) is 0 Å². The lowest BCUT2D eigenvalue weighted by molar-refractivity contribution is -0.00444. The summed E-state index contributed by atoms with van der Waals surface area (Å²) in [6.45, 7) is 1.80. The third-order valence-corrected chi connectivity index (χ3v) is 3.15. The maximum atomic E-state index is 13.6. The maximum Gasteiger partial charge on any atom is 0.311 e. The molecule has 1 aromatic carbocycles. The zero-order valence-electron chi connectivity index (χ0n) is 9.26. The van der Waals surface area contributed by atoms with E-state index in [1.54, 1.807) is 6.92 Å². The first-order chi connectivity index (χ1) is 7.63. The number of hydrogen-bond acceptors (Lipinski definition) is 0. The van der Waals surface area contributed by atoms with Gasteiger partial charge in [0, 0.05) is 11.5 Å². The Labute approximate surface area is 94.7 Å². The van der Waals surface area contributed by atoms with Crippen LogP contribution in [-0.4, -0.2) is 5.92 Å². The highest BCUT2D eigenvalue weighted by Gasteiger charge is 2.36. The fourth-order valence-electron chi connectivity index (χ4n) is 2.08. The van der Waals surface area contributed by atoms with Crippen molar-refractivity contribution in [2.45, 2.75) is 32.1 Å². The molecule has 0 saturated heterocycles. The Morgan fingerprint density at radius 3 is 2.88 bits per heavy atom. The van der Waals surface area contributed by atoms with Gasteiger partial charge in [-0.15, -0.1) is 0 Å². The van der Waals surface area contributed by atoms with Gasteiger partial charge in [-0.05, 0) is 36.8 Å². The zero-order valence-corrected chi connectivity index (χ0v) is 9.26. The lowest BCUT2D eigenvalue weighted by Crippen LogP contribution is -2.27. The van der Waals surface area contributed by atoms with Gasteiger partial charge in [-0.3, -0.25) is 0 Å². The van der Waals surface area contributed by atoms with Crippen molar-refractivity contribution in [2.24, 2.45) is 5.92 Å². The van der Waals surface area contributed by atoms with Crippen LogP contribution in [0.5, 0.6) is 0 Å². The van der Waals surface area contributed by atoms with Crippen LogP contribution in [0, 0.1) is 17.8 Å². The van der Waals surface area contributed by atoms with E-state index in [2.05, 4.69) is 11.8 Å². The summed E-state index contributed by atoms with van der Waals surface area (Å²) >= 11 is 0. The van der Waals surface area contributed by atoms with Gasteiger partial charge in [-0.25, -0.2) is 0 Å². The summed E-state index contributed by atoms with van der Waals surface area (Å²) in [5.41, 5.74) is 1.83. The van der Waals surface area contributed by atoms with Crippen molar-refractivity contribution in [3.05, 3.63) is 35.4 Å². The van der Waals surface area contributed by atoms with E-state index < -0.39 is 11.8 Å². The Kier molecular flexibility index (Phi) is 2.96. The standard InChI is InChI=1S/C14H14F2/c1-2-13-8-7-11-5-3-4-6-12(11)9-10-14(13,15)16/h3-6,13H,2,7-8H2,1H3. The summed E-state index contributed by atoms with van der Waals surface area (Å²) in [4.78, 5) is 0. The van der Waals surface area contributed by atoms with Gasteiger partial charge in [0.15, 0.2) is 0 Å². The molecule has 0 bridgehead atoms. The van der Waals surface area contributed by atoms with E-state index in [0.29, 0.717) is 19.3 Å². The zero-order chi connectivity index (χ0) is 11.6. The third kappa shape index (κ3) is 2.09. The van der Waals surface area contributed by atoms with Crippen molar-refractivity contribution in [3.8, 4) is 11.8 Å². The SMILES string of the molecule is CCC1CCc2ccccc2C#CC1(F)F. The number of fused-ring (bicyclic) bond motifs is 1. The van der Waals surface area contributed by atoms with Crippen molar-refractivity contribution in [3.63, 3.8) is 0 Å². The highest BCUT2D eigenvalue weighted by molar-refractivity contribution is 5.43. The van der Waals surface area contributed by atoms with Crippen LogP contribution < -0.4 is 0 Å². The highest BCUT2D eigenvalue weighted by atomic mass is 19.3. The third-order valence-electron chi connectivity index (χ3n) is 3.15. The second kappa shape index (κ2) is 4.25. The number of hydrogen-bond donors (Lipinski definition) is 0. The molecular formula is C14H14F2. The topological polar surface area (TPSA) is 0 Å². The van der Waals surface area contributed by atoms with Gasteiger partial charge in [0.25, 0.3) is 0 Å². The molecule has 0 amide bonds. The Bertz CT molecular complexity index is 438. The molecule has 0 saturated carbocycles. The highest BCUT2D eigenvalue weighted by Crippen LogP contribution is 2.32. The summed E-state index contributed by atoms with van der Waals surface area (Å²) < 4.78 is 27.3. The van der Waals surface area contributed by atoms with Crippen molar-refractivity contribution in [1.29, 1.82) is 0 Å². The van der Waals surface area contributed by atoms with Crippen molar-refractivity contribution in [1.82, 2.24) is 0 Å². The predicted molar refractivity (Wildman–Crippen MR) is 60.4 cm³/mol.